The van der Waals surface area contributed by atoms with Crippen LogP contribution >= 0.6 is 0 Å². The van der Waals surface area contributed by atoms with E-state index in [1.54, 1.807) is 7.11 Å². The molecule has 0 aromatic heterocycles. The molecule has 2 fully saturated rings. The summed E-state index contributed by atoms with van der Waals surface area (Å²) in [6, 6.07) is 24.3. The minimum absolute atomic E-state index is 0.0440. The summed E-state index contributed by atoms with van der Waals surface area (Å²) < 4.78 is 17.8. The van der Waals surface area contributed by atoms with Gasteiger partial charge in [-0.15, -0.1) is 0 Å². The number of methoxy groups -OCH3 is 1. The van der Waals surface area contributed by atoms with E-state index in [-0.39, 0.29) is 18.1 Å². The first-order chi connectivity index (χ1) is 19.6. The summed E-state index contributed by atoms with van der Waals surface area (Å²) >= 11 is 0. The van der Waals surface area contributed by atoms with E-state index in [1.807, 2.05) is 52.3 Å². The zero-order valence-corrected chi connectivity index (χ0v) is 23.1. The predicted molar refractivity (Wildman–Crippen MR) is 154 cm³/mol. The van der Waals surface area contributed by atoms with Gasteiger partial charge in [0.05, 0.1) is 19.3 Å². The van der Waals surface area contributed by atoms with E-state index in [9.17, 15) is 9.90 Å². The van der Waals surface area contributed by atoms with Gasteiger partial charge in [0.1, 0.15) is 17.6 Å². The molecule has 6 rings (SSSR count). The fourth-order valence-corrected chi connectivity index (χ4v) is 6.56. The lowest BCUT2D eigenvalue weighted by Gasteiger charge is -2.44. The highest BCUT2D eigenvalue weighted by Gasteiger charge is 2.35. The normalized spacial score (nSPS) is 23.4. The Kier molecular flexibility index (Phi) is 7.93. The highest BCUT2D eigenvalue weighted by atomic mass is 16.6. The number of hydrogen-bond acceptors (Lipinski definition) is 6. The second-order valence-corrected chi connectivity index (χ2v) is 11.0. The molecule has 1 N–H and O–H groups in total. The van der Waals surface area contributed by atoms with Crippen LogP contribution in [0.25, 0.3) is 0 Å². The van der Waals surface area contributed by atoms with Crippen molar-refractivity contribution >= 4 is 11.6 Å². The van der Waals surface area contributed by atoms with Crippen molar-refractivity contribution in [3.8, 4) is 11.5 Å². The Hall–Kier alpha value is -3.55. The van der Waals surface area contributed by atoms with E-state index in [0.717, 1.165) is 49.1 Å². The molecular weight excluding hydrogens is 504 g/mol. The minimum Gasteiger partial charge on any atom is -0.496 e. The molecule has 2 heterocycles. The number of para-hydroxylation sites is 1. The number of piperidine rings is 1. The van der Waals surface area contributed by atoms with Gasteiger partial charge in [0.2, 0.25) is 6.41 Å². The number of aliphatic hydroxyl groups excluding tert-OH is 1. The number of amides is 1. The molecule has 40 heavy (non-hydrogen) atoms. The summed E-state index contributed by atoms with van der Waals surface area (Å²) in [5.74, 6) is 1.58. The summed E-state index contributed by atoms with van der Waals surface area (Å²) in [7, 11) is 1.60. The Balaban J connectivity index is 1.12. The maximum Gasteiger partial charge on any atom is 0.257 e. The fourth-order valence-electron chi connectivity index (χ4n) is 6.56. The largest absolute Gasteiger partial charge is 0.496 e. The summed E-state index contributed by atoms with van der Waals surface area (Å²) in [4.78, 5) is 17.4. The lowest BCUT2D eigenvalue weighted by atomic mass is 9.81. The number of likely N-dealkylation sites (tertiary alicyclic amines) is 1. The van der Waals surface area contributed by atoms with E-state index in [2.05, 4.69) is 30.3 Å². The molecule has 210 valence electrons. The van der Waals surface area contributed by atoms with Crippen LogP contribution in [-0.4, -0.2) is 54.7 Å². The number of benzene rings is 3. The van der Waals surface area contributed by atoms with Crippen LogP contribution in [-0.2, 0) is 11.3 Å². The Morgan fingerprint density at radius 2 is 1.68 bits per heavy atom. The van der Waals surface area contributed by atoms with Crippen molar-refractivity contribution in [2.45, 2.75) is 69.6 Å². The number of aliphatic hydroxyl groups is 1. The van der Waals surface area contributed by atoms with Crippen LogP contribution in [0.5, 0.6) is 11.5 Å². The molecule has 2 unspecified atom stereocenters. The zero-order valence-electron chi connectivity index (χ0n) is 23.1. The van der Waals surface area contributed by atoms with Crippen molar-refractivity contribution in [3.05, 3.63) is 89.5 Å². The zero-order chi connectivity index (χ0) is 27.5. The number of ether oxygens (including phenoxy) is 3. The minimum atomic E-state index is -0.972. The van der Waals surface area contributed by atoms with Crippen LogP contribution in [0.3, 0.4) is 0 Å². The quantitative estimate of drug-likeness (QED) is 0.430. The highest BCUT2D eigenvalue weighted by Crippen LogP contribution is 2.37. The van der Waals surface area contributed by atoms with Crippen molar-refractivity contribution in [1.82, 2.24) is 4.90 Å². The van der Waals surface area contributed by atoms with Gasteiger partial charge in [-0.1, -0.05) is 55.0 Å². The first-order valence-corrected chi connectivity index (χ1v) is 14.5. The molecule has 1 saturated carbocycles. The molecule has 3 atom stereocenters. The van der Waals surface area contributed by atoms with Crippen LogP contribution < -0.4 is 14.4 Å². The van der Waals surface area contributed by atoms with Gasteiger partial charge in [0.25, 0.3) is 5.91 Å². The number of fused-ring (bicyclic) bond motifs is 1. The summed E-state index contributed by atoms with van der Waals surface area (Å²) in [5.41, 5.74) is 3.95. The monoisotopic (exact) mass is 542 g/mol. The van der Waals surface area contributed by atoms with Crippen molar-refractivity contribution in [2.24, 2.45) is 0 Å². The van der Waals surface area contributed by atoms with Gasteiger partial charge in [-0.05, 0) is 55.9 Å². The first-order valence-electron chi connectivity index (χ1n) is 14.5. The van der Waals surface area contributed by atoms with Gasteiger partial charge in [-0.2, -0.15) is 0 Å². The summed E-state index contributed by atoms with van der Waals surface area (Å²) in [6.45, 7) is 1.59. The molecular formula is C33H38N2O5. The molecule has 1 saturated heterocycles. The van der Waals surface area contributed by atoms with Gasteiger partial charge < -0.3 is 29.1 Å². The van der Waals surface area contributed by atoms with E-state index in [4.69, 9.17) is 14.2 Å². The average Bonchev–Trinajstić information content (AvgIpc) is 3.01. The highest BCUT2D eigenvalue weighted by molar-refractivity contribution is 5.97. The standard InChI is InChI=1S/C33H38N2O5/c1-38-31-21-26(40-30-14-8-6-12-27(30)23-9-3-2-4-10-23)15-16-28(31)32(36)34-19-17-25(18-20-34)35-29-13-7-5-11-24(29)22-39-33(35)37/h2-5,7,9-11,13,15-16,21,25,27,30,33,37H,6,8,12,14,17-20,22H2,1H3/t27-,30?,33?/m1/s1. The van der Waals surface area contributed by atoms with Gasteiger partial charge >= 0.3 is 0 Å². The lowest BCUT2D eigenvalue weighted by molar-refractivity contribution is -0.121. The maximum atomic E-state index is 13.6. The Bertz CT molecular complexity index is 1310. The molecule has 1 aliphatic carbocycles. The number of anilines is 1. The first kappa shape index (κ1) is 26.7. The molecule has 3 aromatic carbocycles. The second-order valence-electron chi connectivity index (χ2n) is 11.0. The van der Waals surface area contributed by atoms with Crippen LogP contribution in [0.1, 0.15) is 65.9 Å². The van der Waals surface area contributed by atoms with Crippen molar-refractivity contribution in [1.29, 1.82) is 0 Å². The third-order valence-electron chi connectivity index (χ3n) is 8.66. The fraction of sp³-hybridized carbons (Fsp3) is 0.424. The molecule has 7 heteroatoms. The molecule has 2 aliphatic heterocycles. The topological polar surface area (TPSA) is 71.5 Å². The molecule has 1 amide bonds. The smallest absolute Gasteiger partial charge is 0.257 e. The molecule has 3 aliphatic rings. The van der Waals surface area contributed by atoms with Crippen molar-refractivity contribution < 1.29 is 24.1 Å². The SMILES string of the molecule is COc1cc(OC2CCCC[C@@H]2c2ccccc2)ccc1C(=O)N1CCC(N2c3ccccc3COC2O)CC1. The van der Waals surface area contributed by atoms with Crippen molar-refractivity contribution in [3.63, 3.8) is 0 Å². The molecule has 7 nitrogen and oxygen atoms in total. The van der Waals surface area contributed by atoms with Crippen LogP contribution in [0, 0.1) is 0 Å². The molecule has 0 spiro atoms. The number of hydrogen-bond donors (Lipinski definition) is 1. The van der Waals surface area contributed by atoms with Crippen LogP contribution in [0.4, 0.5) is 5.69 Å². The number of carbonyl (C=O) groups excluding carboxylic acids is 1. The molecule has 0 radical (unpaired) electrons. The third-order valence-corrected chi connectivity index (χ3v) is 8.66. The second kappa shape index (κ2) is 11.9. The van der Waals surface area contributed by atoms with E-state index in [1.165, 1.54) is 12.0 Å². The number of carbonyl (C=O) groups is 1. The Morgan fingerprint density at radius 1 is 0.925 bits per heavy atom. The Morgan fingerprint density at radius 3 is 2.48 bits per heavy atom. The van der Waals surface area contributed by atoms with Gasteiger partial charge in [0.15, 0.2) is 0 Å². The van der Waals surface area contributed by atoms with Gasteiger partial charge in [-0.3, -0.25) is 4.79 Å². The summed E-state index contributed by atoms with van der Waals surface area (Å²) in [6.07, 6.45) is 5.11. The number of rotatable bonds is 6. The van der Waals surface area contributed by atoms with Gasteiger partial charge in [-0.25, -0.2) is 0 Å². The number of nitrogens with zero attached hydrogens (tertiary/aromatic N) is 2. The average molecular weight is 543 g/mol. The lowest BCUT2D eigenvalue weighted by Crippen LogP contribution is -2.52. The van der Waals surface area contributed by atoms with Crippen LogP contribution in [0.15, 0.2) is 72.8 Å². The van der Waals surface area contributed by atoms with E-state index < -0.39 is 6.41 Å². The summed E-state index contributed by atoms with van der Waals surface area (Å²) in [5, 5.41) is 10.6. The van der Waals surface area contributed by atoms with E-state index >= 15 is 0 Å². The predicted octanol–water partition coefficient (Wildman–Crippen LogP) is 5.72. The molecule has 0 bridgehead atoms. The van der Waals surface area contributed by atoms with Crippen LogP contribution in [0.2, 0.25) is 0 Å². The van der Waals surface area contributed by atoms with E-state index in [0.29, 0.717) is 36.9 Å². The third kappa shape index (κ3) is 5.40. The maximum absolute atomic E-state index is 13.6. The Labute approximate surface area is 236 Å². The molecule has 3 aromatic rings. The van der Waals surface area contributed by atoms with Gasteiger partial charge in [0, 0.05) is 42.4 Å². The van der Waals surface area contributed by atoms with Crippen molar-refractivity contribution in [2.75, 3.05) is 25.1 Å².